The van der Waals surface area contributed by atoms with Gasteiger partial charge in [0.15, 0.2) is 12.2 Å². The van der Waals surface area contributed by atoms with Crippen molar-refractivity contribution in [2.45, 2.75) is 50.9 Å². The van der Waals surface area contributed by atoms with Crippen LogP contribution in [0.5, 0.6) is 0 Å². The first kappa shape index (κ1) is 29.7. The van der Waals surface area contributed by atoms with Crippen molar-refractivity contribution in [1.29, 1.82) is 0 Å². The van der Waals surface area contributed by atoms with E-state index in [9.17, 15) is 40.8 Å². The Labute approximate surface area is 196 Å². The van der Waals surface area contributed by atoms with Gasteiger partial charge in [-0.25, -0.2) is 0 Å². The quantitative estimate of drug-likeness (QED) is 0.218. The highest BCUT2D eigenvalue weighted by Crippen LogP contribution is 2.33. The number of carbonyl (C=O) groups is 4. The Hall–Kier alpha value is -3.31. The lowest BCUT2D eigenvalue weighted by Crippen LogP contribution is -2.44. The fourth-order valence-electron chi connectivity index (χ4n) is 2.43. The number of pyridine rings is 1. The number of carbonyl (C=O) groups excluding carboxylic acids is 4. The minimum Gasteiger partial charge on any atom is -0.463 e. The van der Waals surface area contributed by atoms with E-state index in [0.29, 0.717) is 5.56 Å². The summed E-state index contributed by atoms with van der Waals surface area (Å²) in [5.74, 6) is -3.30. The lowest BCUT2D eigenvalue weighted by molar-refractivity contribution is -0.197. The largest absolute Gasteiger partial charge is 0.523 e. The van der Waals surface area contributed by atoms with Gasteiger partial charge < -0.3 is 24.7 Å². The van der Waals surface area contributed by atoms with Gasteiger partial charge in [0.25, 0.3) is 0 Å². The van der Waals surface area contributed by atoms with Crippen molar-refractivity contribution in [2.24, 2.45) is 5.73 Å². The molecule has 196 valence electrons. The van der Waals surface area contributed by atoms with E-state index in [4.69, 9.17) is 15.2 Å². The number of halogens is 3. The monoisotopic (exact) mass is 530 g/mol. The number of primary amides is 1. The molecule has 1 saturated heterocycles. The number of rotatable bonds is 7. The van der Waals surface area contributed by atoms with Crippen LogP contribution in [0.4, 0.5) is 13.2 Å². The third-order valence-corrected chi connectivity index (χ3v) is 4.81. The number of nitrogens with two attached hydrogens (primary N) is 1. The summed E-state index contributed by atoms with van der Waals surface area (Å²) in [4.78, 5) is 47.2. The molecule has 13 nitrogen and oxygen atoms in total. The Kier molecular flexibility index (Phi) is 10.5. The summed E-state index contributed by atoms with van der Waals surface area (Å²) in [5, 5.41) is 0. The molecular formula is C18H21F3N2O11S. The van der Waals surface area contributed by atoms with Gasteiger partial charge in [-0.3, -0.25) is 28.3 Å². The third-order valence-electron chi connectivity index (χ3n) is 3.77. The zero-order valence-electron chi connectivity index (χ0n) is 18.4. The number of aromatic nitrogens is 1. The minimum atomic E-state index is -6.13. The first-order chi connectivity index (χ1) is 16.0. The highest BCUT2D eigenvalue weighted by Gasteiger charge is 2.57. The molecule has 17 heteroatoms. The fraction of sp³-hybridized carbons (Fsp3) is 0.500. The van der Waals surface area contributed by atoms with Crippen LogP contribution >= 0.6 is 0 Å². The van der Waals surface area contributed by atoms with Crippen molar-refractivity contribution < 1.29 is 63.9 Å². The van der Waals surface area contributed by atoms with Crippen LogP contribution in [0, 0.1) is 0 Å². The standard InChI is InChI=1S/C12H15F3O10S.C6H6N2O/c1-5(16)21-4-8-9(25-26(19,20)12(13,14)15)10(22-6(2)17)11(24-8)23-7(3)18;7-6(9)5-2-1-3-8-4-5/h8-11H,4H2,1-3H3;1-4H,(H2,7,9)/t8-,9-,10-,11?;/m1./s1. The van der Waals surface area contributed by atoms with Crippen LogP contribution in [0.15, 0.2) is 24.5 Å². The molecule has 0 aliphatic carbocycles. The minimum absolute atomic E-state index is 0.442. The molecule has 4 atom stereocenters. The SMILES string of the molecule is CC(=O)OC[C@H]1OC(OC(C)=O)[C@H](OC(C)=O)[C@@H]1OS(=O)(=O)C(F)(F)F.NC(=O)c1cccnc1. The molecule has 0 saturated carbocycles. The van der Waals surface area contributed by atoms with Gasteiger partial charge in [-0.15, -0.1) is 0 Å². The normalized spacial score (nSPS) is 21.8. The smallest absolute Gasteiger partial charge is 0.463 e. The van der Waals surface area contributed by atoms with E-state index in [1.54, 1.807) is 18.3 Å². The Morgan fingerprint density at radius 2 is 1.66 bits per heavy atom. The molecule has 2 N–H and O–H groups in total. The second kappa shape index (κ2) is 12.4. The maximum atomic E-state index is 12.6. The van der Waals surface area contributed by atoms with Crippen molar-refractivity contribution in [3.8, 4) is 0 Å². The molecule has 1 fully saturated rings. The average Bonchev–Trinajstić information content (AvgIpc) is 3.01. The second-order valence-electron chi connectivity index (χ2n) is 6.60. The van der Waals surface area contributed by atoms with E-state index in [1.807, 2.05) is 0 Å². The van der Waals surface area contributed by atoms with Gasteiger partial charge in [0, 0.05) is 33.2 Å². The molecule has 0 bridgehead atoms. The Morgan fingerprint density at radius 3 is 2.06 bits per heavy atom. The van der Waals surface area contributed by atoms with Crippen LogP contribution in [0.3, 0.4) is 0 Å². The highest BCUT2D eigenvalue weighted by atomic mass is 32.2. The zero-order chi connectivity index (χ0) is 27.0. The van der Waals surface area contributed by atoms with Crippen molar-refractivity contribution >= 4 is 33.9 Å². The van der Waals surface area contributed by atoms with E-state index >= 15 is 0 Å². The molecule has 1 aromatic rings. The molecule has 0 radical (unpaired) electrons. The van der Waals surface area contributed by atoms with E-state index in [2.05, 4.69) is 18.6 Å². The lowest BCUT2D eigenvalue weighted by atomic mass is 10.1. The van der Waals surface area contributed by atoms with Crippen LogP contribution in [0.1, 0.15) is 31.1 Å². The first-order valence-electron chi connectivity index (χ1n) is 9.37. The van der Waals surface area contributed by atoms with Gasteiger partial charge in [0.2, 0.25) is 12.2 Å². The molecule has 1 aliphatic rings. The Morgan fingerprint density at radius 1 is 1.06 bits per heavy atom. The van der Waals surface area contributed by atoms with E-state index in [-0.39, 0.29) is 0 Å². The molecule has 1 amide bonds. The van der Waals surface area contributed by atoms with Gasteiger partial charge in [-0.2, -0.15) is 21.6 Å². The maximum absolute atomic E-state index is 12.6. The number of ether oxygens (including phenoxy) is 4. The first-order valence-corrected chi connectivity index (χ1v) is 10.8. The second-order valence-corrected chi connectivity index (χ2v) is 8.16. The molecule has 1 unspecified atom stereocenters. The van der Waals surface area contributed by atoms with Gasteiger partial charge in [0.1, 0.15) is 12.7 Å². The topological polar surface area (TPSA) is 187 Å². The fourth-order valence-corrected chi connectivity index (χ4v) is 3.06. The van der Waals surface area contributed by atoms with Crippen LogP contribution in [0.25, 0.3) is 0 Å². The molecule has 1 aliphatic heterocycles. The molecule has 0 aromatic carbocycles. The van der Waals surface area contributed by atoms with Crippen molar-refractivity contribution in [2.75, 3.05) is 6.61 Å². The number of amides is 1. The van der Waals surface area contributed by atoms with E-state index in [0.717, 1.165) is 20.8 Å². The summed E-state index contributed by atoms with van der Waals surface area (Å²) in [6, 6.07) is 3.29. The summed E-state index contributed by atoms with van der Waals surface area (Å²) in [6.45, 7) is 2.03. The van der Waals surface area contributed by atoms with Crippen LogP contribution in [-0.2, 0) is 47.6 Å². The third kappa shape index (κ3) is 9.45. The highest BCUT2D eigenvalue weighted by molar-refractivity contribution is 7.87. The van der Waals surface area contributed by atoms with E-state index < -0.39 is 70.7 Å². The zero-order valence-corrected chi connectivity index (χ0v) is 19.2. The molecule has 1 aromatic heterocycles. The van der Waals surface area contributed by atoms with Crippen LogP contribution < -0.4 is 5.73 Å². The molecule has 35 heavy (non-hydrogen) atoms. The summed E-state index contributed by atoms with van der Waals surface area (Å²) >= 11 is 0. The number of hydrogen-bond acceptors (Lipinski definition) is 12. The average molecular weight is 530 g/mol. The summed E-state index contributed by atoms with van der Waals surface area (Å²) < 4.78 is 83.4. The van der Waals surface area contributed by atoms with Crippen LogP contribution in [-0.4, -0.2) is 73.9 Å². The summed E-state index contributed by atoms with van der Waals surface area (Å²) in [6.07, 6.45) is -4.33. The van der Waals surface area contributed by atoms with Crippen molar-refractivity contribution in [3.05, 3.63) is 30.1 Å². The lowest BCUT2D eigenvalue weighted by Gasteiger charge is -2.23. The summed E-state index contributed by atoms with van der Waals surface area (Å²) in [7, 11) is -6.13. The molecular weight excluding hydrogens is 509 g/mol. The molecule has 2 heterocycles. The number of alkyl halides is 3. The van der Waals surface area contributed by atoms with Gasteiger partial charge in [0.05, 0.1) is 5.56 Å². The maximum Gasteiger partial charge on any atom is 0.523 e. The summed E-state index contributed by atoms with van der Waals surface area (Å²) in [5.41, 5.74) is -0.402. The predicted octanol–water partition coefficient (Wildman–Crippen LogP) is 0.185. The number of nitrogens with zero attached hydrogens (tertiary/aromatic N) is 1. The Bertz CT molecular complexity index is 1020. The van der Waals surface area contributed by atoms with Gasteiger partial charge in [-0.1, -0.05) is 0 Å². The van der Waals surface area contributed by atoms with Gasteiger partial charge in [-0.05, 0) is 12.1 Å². The van der Waals surface area contributed by atoms with Crippen molar-refractivity contribution in [3.63, 3.8) is 0 Å². The van der Waals surface area contributed by atoms with E-state index in [1.165, 1.54) is 6.20 Å². The number of hydrogen-bond donors (Lipinski definition) is 1. The molecule has 0 spiro atoms. The van der Waals surface area contributed by atoms with Crippen molar-refractivity contribution in [1.82, 2.24) is 4.98 Å². The molecule has 2 rings (SSSR count). The predicted molar refractivity (Wildman–Crippen MR) is 105 cm³/mol. The van der Waals surface area contributed by atoms with Crippen LogP contribution in [0.2, 0.25) is 0 Å². The van der Waals surface area contributed by atoms with Gasteiger partial charge >= 0.3 is 33.5 Å². The Balaban J connectivity index is 0.000000566. The number of esters is 3.